The van der Waals surface area contributed by atoms with Crippen LogP contribution in [0.2, 0.25) is 0 Å². The molecule has 0 saturated carbocycles. The monoisotopic (exact) mass is 572 g/mol. The van der Waals surface area contributed by atoms with Gasteiger partial charge in [0, 0.05) is 51.3 Å². The zero-order valence-electron chi connectivity index (χ0n) is 19.1. The first kappa shape index (κ1) is 27.0. The minimum atomic E-state index is 0. The molecule has 0 spiro atoms. The van der Waals surface area contributed by atoms with E-state index < -0.39 is 0 Å². The second kappa shape index (κ2) is 16.4. The Hall–Kier alpha value is -1.23. The third-order valence-electron chi connectivity index (χ3n) is 5.27. The number of aliphatic imine (C=N–C) groups is 1. The van der Waals surface area contributed by atoms with Crippen molar-refractivity contribution in [2.24, 2.45) is 10.9 Å². The molecule has 0 radical (unpaired) electrons. The van der Waals surface area contributed by atoms with Crippen LogP contribution in [0, 0.1) is 5.92 Å². The first-order valence-corrected chi connectivity index (χ1v) is 12.4. The number of aryl methyl sites for hydroxylation is 2. The fourth-order valence-electron chi connectivity index (χ4n) is 3.48. The number of hydrogen-bond acceptors (Lipinski definition) is 5. The molecule has 32 heavy (non-hydrogen) atoms. The summed E-state index contributed by atoms with van der Waals surface area (Å²) < 4.78 is 11.2. The van der Waals surface area contributed by atoms with Crippen LogP contribution >= 0.6 is 35.3 Å². The highest BCUT2D eigenvalue weighted by molar-refractivity contribution is 14.0. The fraction of sp³-hybridized carbons (Fsp3) is 0.583. The fourth-order valence-corrected chi connectivity index (χ4v) is 4.27. The van der Waals surface area contributed by atoms with Gasteiger partial charge in [-0.15, -0.1) is 35.3 Å². The molecule has 3 rings (SSSR count). The van der Waals surface area contributed by atoms with Crippen LogP contribution < -0.4 is 10.6 Å². The Morgan fingerprint density at radius 1 is 1.19 bits per heavy atom. The van der Waals surface area contributed by atoms with Crippen molar-refractivity contribution < 1.29 is 9.47 Å². The number of aromatic nitrogens is 1. The summed E-state index contributed by atoms with van der Waals surface area (Å²) in [4.78, 5) is 9.44. The largest absolute Gasteiger partial charge is 0.381 e. The second-order valence-corrected chi connectivity index (χ2v) is 8.77. The van der Waals surface area contributed by atoms with Gasteiger partial charge in [-0.2, -0.15) is 0 Å². The third kappa shape index (κ3) is 10.6. The highest BCUT2D eigenvalue weighted by atomic mass is 127. The van der Waals surface area contributed by atoms with Crippen LogP contribution in [0.1, 0.15) is 42.5 Å². The highest BCUT2D eigenvalue weighted by Gasteiger charge is 2.13. The van der Waals surface area contributed by atoms with Crippen LogP contribution in [0.15, 0.2) is 40.7 Å². The lowest BCUT2D eigenvalue weighted by Crippen LogP contribution is -2.38. The summed E-state index contributed by atoms with van der Waals surface area (Å²) in [6.45, 7) is 7.76. The van der Waals surface area contributed by atoms with Crippen molar-refractivity contribution in [3.63, 3.8) is 0 Å². The highest BCUT2D eigenvalue weighted by Crippen LogP contribution is 2.15. The van der Waals surface area contributed by atoms with Crippen LogP contribution in [0.5, 0.6) is 0 Å². The maximum Gasteiger partial charge on any atom is 0.191 e. The molecule has 6 nitrogen and oxygen atoms in total. The van der Waals surface area contributed by atoms with Crippen molar-refractivity contribution in [2.45, 2.75) is 45.6 Å². The number of benzene rings is 1. The standard InChI is InChI=1S/C24H36N4O2S.HI/c1-2-25-24(26-13-6-14-30-18-21-11-15-29-16-12-21)27-17-22-19-31-23(28-22)10-9-20-7-4-3-5-8-20;/h3-5,7-8,19,21H,2,6,9-18H2,1H3,(H2,25,26,27);1H. The maximum absolute atomic E-state index is 5.84. The molecule has 1 fully saturated rings. The number of thiazole rings is 1. The van der Waals surface area contributed by atoms with Crippen molar-refractivity contribution in [2.75, 3.05) is 39.5 Å². The lowest BCUT2D eigenvalue weighted by Gasteiger charge is -2.21. The molecule has 2 N–H and O–H groups in total. The molecular formula is C24H37IN4O2S. The van der Waals surface area contributed by atoms with E-state index in [4.69, 9.17) is 19.5 Å². The number of halogens is 1. The molecule has 8 heteroatoms. The van der Waals surface area contributed by atoms with E-state index in [9.17, 15) is 0 Å². The van der Waals surface area contributed by atoms with Gasteiger partial charge in [0.05, 0.1) is 17.2 Å². The molecule has 1 aliphatic rings. The molecule has 1 aromatic carbocycles. The summed E-state index contributed by atoms with van der Waals surface area (Å²) in [5.74, 6) is 1.50. The van der Waals surface area contributed by atoms with Crippen LogP contribution in [0.4, 0.5) is 0 Å². The van der Waals surface area contributed by atoms with Gasteiger partial charge in [-0.1, -0.05) is 30.3 Å². The Bertz CT molecular complexity index is 766. The summed E-state index contributed by atoms with van der Waals surface area (Å²) in [5, 5.41) is 10.0. The molecule has 178 valence electrons. The molecule has 0 bridgehead atoms. The normalized spacial score (nSPS) is 14.7. The van der Waals surface area contributed by atoms with Gasteiger partial charge in [0.15, 0.2) is 5.96 Å². The summed E-state index contributed by atoms with van der Waals surface area (Å²) in [7, 11) is 0. The van der Waals surface area contributed by atoms with Crippen LogP contribution in [-0.4, -0.2) is 50.5 Å². The van der Waals surface area contributed by atoms with Crippen LogP contribution in [-0.2, 0) is 28.9 Å². The Morgan fingerprint density at radius 3 is 2.78 bits per heavy atom. The van der Waals surface area contributed by atoms with E-state index in [-0.39, 0.29) is 24.0 Å². The van der Waals surface area contributed by atoms with Gasteiger partial charge in [-0.25, -0.2) is 9.98 Å². The molecule has 2 aromatic rings. The summed E-state index contributed by atoms with van der Waals surface area (Å²) in [6, 6.07) is 10.6. The SMILES string of the molecule is CCNC(=NCc1csc(CCc2ccccc2)n1)NCCCOCC1CCOCC1.I. The van der Waals surface area contributed by atoms with Crippen molar-refractivity contribution in [1.29, 1.82) is 0 Å². The Labute approximate surface area is 213 Å². The molecule has 0 atom stereocenters. The quantitative estimate of drug-likeness (QED) is 0.171. The lowest BCUT2D eigenvalue weighted by molar-refractivity contribution is 0.0203. The van der Waals surface area contributed by atoms with E-state index in [1.807, 2.05) is 0 Å². The van der Waals surface area contributed by atoms with Crippen molar-refractivity contribution >= 4 is 41.3 Å². The molecule has 2 heterocycles. The van der Waals surface area contributed by atoms with Crippen LogP contribution in [0.25, 0.3) is 0 Å². The number of nitrogens with zero attached hydrogens (tertiary/aromatic N) is 2. The summed E-state index contributed by atoms with van der Waals surface area (Å²) in [5.41, 5.74) is 2.39. The van der Waals surface area contributed by atoms with Crippen molar-refractivity contribution in [1.82, 2.24) is 15.6 Å². The first-order valence-electron chi connectivity index (χ1n) is 11.5. The predicted octanol–water partition coefficient (Wildman–Crippen LogP) is 4.43. The topological polar surface area (TPSA) is 67.8 Å². The van der Waals surface area contributed by atoms with E-state index in [0.29, 0.717) is 12.5 Å². The molecule has 0 aliphatic carbocycles. The number of nitrogens with one attached hydrogen (secondary N) is 2. The van der Waals surface area contributed by atoms with Gasteiger partial charge in [0.1, 0.15) is 0 Å². The van der Waals surface area contributed by atoms with E-state index in [2.05, 4.69) is 53.3 Å². The average molecular weight is 573 g/mol. The number of hydrogen-bond donors (Lipinski definition) is 2. The van der Waals surface area contributed by atoms with Gasteiger partial charge in [-0.05, 0) is 44.1 Å². The molecule has 1 saturated heterocycles. The summed E-state index contributed by atoms with van der Waals surface area (Å²) >= 11 is 1.73. The summed E-state index contributed by atoms with van der Waals surface area (Å²) in [6.07, 6.45) is 5.22. The predicted molar refractivity (Wildman–Crippen MR) is 143 cm³/mol. The van der Waals surface area contributed by atoms with E-state index in [1.54, 1.807) is 11.3 Å². The number of ether oxygens (including phenoxy) is 2. The second-order valence-electron chi connectivity index (χ2n) is 7.82. The van der Waals surface area contributed by atoms with E-state index >= 15 is 0 Å². The number of rotatable bonds is 12. The minimum Gasteiger partial charge on any atom is -0.381 e. The first-order chi connectivity index (χ1) is 15.3. The van der Waals surface area contributed by atoms with Crippen molar-refractivity contribution in [3.05, 3.63) is 52.0 Å². The zero-order chi connectivity index (χ0) is 21.6. The molecule has 0 amide bonds. The smallest absolute Gasteiger partial charge is 0.191 e. The van der Waals surface area contributed by atoms with Crippen LogP contribution in [0.3, 0.4) is 0 Å². The van der Waals surface area contributed by atoms with E-state index in [0.717, 1.165) is 83.3 Å². The zero-order valence-corrected chi connectivity index (χ0v) is 22.2. The van der Waals surface area contributed by atoms with Gasteiger partial charge < -0.3 is 20.1 Å². The molecule has 1 aromatic heterocycles. The molecular weight excluding hydrogens is 535 g/mol. The Balaban J connectivity index is 0.00000363. The Morgan fingerprint density at radius 2 is 2.00 bits per heavy atom. The molecule has 1 aliphatic heterocycles. The Kier molecular flexibility index (Phi) is 13.8. The molecule has 0 unspecified atom stereocenters. The van der Waals surface area contributed by atoms with Gasteiger partial charge in [0.2, 0.25) is 0 Å². The maximum atomic E-state index is 5.84. The van der Waals surface area contributed by atoms with Crippen molar-refractivity contribution in [3.8, 4) is 0 Å². The van der Waals surface area contributed by atoms with E-state index in [1.165, 1.54) is 10.6 Å². The van der Waals surface area contributed by atoms with Gasteiger partial charge in [-0.3, -0.25) is 0 Å². The number of guanidine groups is 1. The minimum absolute atomic E-state index is 0. The average Bonchev–Trinajstić information content (AvgIpc) is 3.27. The van der Waals surface area contributed by atoms with Gasteiger partial charge in [0.25, 0.3) is 0 Å². The lowest BCUT2D eigenvalue weighted by atomic mass is 10.0. The third-order valence-corrected chi connectivity index (χ3v) is 6.22. The van der Waals surface area contributed by atoms with Gasteiger partial charge >= 0.3 is 0 Å².